The molecule has 4 nitrogen and oxygen atoms in total. The normalized spacial score (nSPS) is 10.6. The highest BCUT2D eigenvalue weighted by Gasteiger charge is 2.11. The number of hydrogen-bond donors (Lipinski definition) is 2. The highest BCUT2D eigenvalue weighted by atomic mass is 19.1. The molecule has 0 saturated carbocycles. The van der Waals surface area contributed by atoms with Crippen molar-refractivity contribution in [1.29, 1.82) is 0 Å². The fourth-order valence-corrected chi connectivity index (χ4v) is 2.18. The molecule has 25 heavy (non-hydrogen) atoms. The first-order chi connectivity index (χ1) is 12.1. The van der Waals surface area contributed by atoms with Gasteiger partial charge < -0.3 is 10.6 Å². The molecule has 2 amide bonds. The average Bonchev–Trinajstić information content (AvgIpc) is 2.62. The van der Waals surface area contributed by atoms with E-state index in [4.69, 9.17) is 0 Å². The molecule has 2 rings (SSSR count). The number of benzene rings is 2. The maximum atomic E-state index is 12.9. The minimum Gasteiger partial charge on any atom is -0.352 e. The van der Waals surface area contributed by atoms with Gasteiger partial charge in [0.05, 0.1) is 11.3 Å². The molecule has 0 bridgehead atoms. The van der Waals surface area contributed by atoms with Gasteiger partial charge in [-0.1, -0.05) is 37.6 Å². The zero-order valence-corrected chi connectivity index (χ0v) is 14.1. The molecule has 0 radical (unpaired) electrons. The van der Waals surface area contributed by atoms with Gasteiger partial charge in [0, 0.05) is 12.6 Å². The van der Waals surface area contributed by atoms with Crippen LogP contribution in [-0.2, 0) is 4.79 Å². The van der Waals surface area contributed by atoms with Crippen molar-refractivity contribution in [3.63, 3.8) is 0 Å². The van der Waals surface area contributed by atoms with Crippen molar-refractivity contribution >= 4 is 23.6 Å². The summed E-state index contributed by atoms with van der Waals surface area (Å²) in [5, 5.41) is 5.54. The largest absolute Gasteiger partial charge is 0.352 e. The number of unbranched alkanes of at least 4 members (excludes halogenated alkanes) is 1. The maximum Gasteiger partial charge on any atom is 0.253 e. The van der Waals surface area contributed by atoms with Crippen LogP contribution in [0.3, 0.4) is 0 Å². The molecule has 0 spiro atoms. The summed E-state index contributed by atoms with van der Waals surface area (Å²) in [5.41, 5.74) is 1.58. The lowest BCUT2D eigenvalue weighted by molar-refractivity contribution is -0.111. The fourth-order valence-electron chi connectivity index (χ4n) is 2.18. The summed E-state index contributed by atoms with van der Waals surface area (Å²) >= 11 is 0. The Bertz CT molecular complexity index is 755. The molecule has 130 valence electrons. The molecule has 0 aliphatic heterocycles. The van der Waals surface area contributed by atoms with E-state index in [1.54, 1.807) is 42.5 Å². The first kappa shape index (κ1) is 18.4. The van der Waals surface area contributed by atoms with Gasteiger partial charge in [-0.15, -0.1) is 0 Å². The van der Waals surface area contributed by atoms with Gasteiger partial charge in [0.1, 0.15) is 5.82 Å². The van der Waals surface area contributed by atoms with Crippen LogP contribution in [0.15, 0.2) is 54.6 Å². The molecule has 0 aliphatic carbocycles. The fraction of sp³-hybridized carbons (Fsp3) is 0.200. The Morgan fingerprint density at radius 1 is 1.08 bits per heavy atom. The second kappa shape index (κ2) is 9.37. The van der Waals surface area contributed by atoms with Crippen LogP contribution in [0.2, 0.25) is 0 Å². The summed E-state index contributed by atoms with van der Waals surface area (Å²) in [6.07, 6.45) is 4.82. The maximum absolute atomic E-state index is 12.9. The Kier molecular flexibility index (Phi) is 6.89. The molecule has 2 aromatic rings. The monoisotopic (exact) mass is 340 g/mol. The molecule has 0 aromatic heterocycles. The predicted octanol–water partition coefficient (Wildman–Crippen LogP) is 4.01. The number of anilines is 1. The third-order valence-corrected chi connectivity index (χ3v) is 3.54. The molecule has 0 heterocycles. The lowest BCUT2D eigenvalue weighted by atomic mass is 10.1. The van der Waals surface area contributed by atoms with Crippen LogP contribution < -0.4 is 10.6 Å². The van der Waals surface area contributed by atoms with Gasteiger partial charge in [-0.2, -0.15) is 0 Å². The summed E-state index contributed by atoms with van der Waals surface area (Å²) in [6.45, 7) is 2.65. The van der Waals surface area contributed by atoms with Crippen molar-refractivity contribution in [2.24, 2.45) is 0 Å². The number of nitrogens with one attached hydrogen (secondary N) is 2. The number of para-hydroxylation sites is 1. The molecule has 0 aliphatic rings. The SMILES string of the molecule is CCCCNC(=O)c1ccccc1NC(=O)/C=C/c1ccc(F)cc1. The summed E-state index contributed by atoms with van der Waals surface area (Å²) in [7, 11) is 0. The van der Waals surface area contributed by atoms with E-state index in [2.05, 4.69) is 10.6 Å². The Morgan fingerprint density at radius 2 is 1.80 bits per heavy atom. The summed E-state index contributed by atoms with van der Waals surface area (Å²) in [5.74, 6) is -0.908. The van der Waals surface area contributed by atoms with Gasteiger partial charge in [-0.25, -0.2) is 4.39 Å². The van der Waals surface area contributed by atoms with Crippen molar-refractivity contribution in [1.82, 2.24) is 5.32 Å². The number of carbonyl (C=O) groups is 2. The number of rotatable bonds is 7. The Balaban J connectivity index is 2.02. The van der Waals surface area contributed by atoms with Crippen LogP contribution in [0.1, 0.15) is 35.7 Å². The minimum atomic E-state index is -0.363. The van der Waals surface area contributed by atoms with E-state index in [1.807, 2.05) is 6.92 Å². The lowest BCUT2D eigenvalue weighted by Gasteiger charge is -2.10. The molecule has 0 unspecified atom stereocenters. The van der Waals surface area contributed by atoms with E-state index < -0.39 is 0 Å². The van der Waals surface area contributed by atoms with Crippen LogP contribution in [0.4, 0.5) is 10.1 Å². The molecule has 5 heteroatoms. The summed E-state index contributed by atoms with van der Waals surface area (Å²) in [6, 6.07) is 12.7. The van der Waals surface area contributed by atoms with Crippen molar-refractivity contribution in [2.75, 3.05) is 11.9 Å². The van der Waals surface area contributed by atoms with Crippen LogP contribution in [0.25, 0.3) is 6.08 Å². The van der Waals surface area contributed by atoms with Gasteiger partial charge in [-0.3, -0.25) is 9.59 Å². The Hall–Kier alpha value is -2.95. The van der Waals surface area contributed by atoms with Crippen molar-refractivity contribution in [3.8, 4) is 0 Å². The highest BCUT2D eigenvalue weighted by molar-refractivity contribution is 6.07. The van der Waals surface area contributed by atoms with Crippen molar-refractivity contribution in [2.45, 2.75) is 19.8 Å². The van der Waals surface area contributed by atoms with E-state index in [0.29, 0.717) is 23.4 Å². The van der Waals surface area contributed by atoms with E-state index >= 15 is 0 Å². The van der Waals surface area contributed by atoms with Gasteiger partial charge in [0.15, 0.2) is 0 Å². The standard InChI is InChI=1S/C20H21FN2O2/c1-2-3-14-22-20(25)17-6-4-5-7-18(17)23-19(24)13-10-15-8-11-16(21)12-9-15/h4-13H,2-3,14H2,1H3,(H,22,25)(H,23,24)/b13-10+. The molecular weight excluding hydrogens is 319 g/mol. The van der Waals surface area contributed by atoms with Crippen LogP contribution in [0.5, 0.6) is 0 Å². The average molecular weight is 340 g/mol. The zero-order chi connectivity index (χ0) is 18.1. The second-order valence-corrected chi connectivity index (χ2v) is 5.53. The van der Waals surface area contributed by atoms with E-state index in [0.717, 1.165) is 12.8 Å². The number of hydrogen-bond acceptors (Lipinski definition) is 2. The molecular formula is C20H21FN2O2. The van der Waals surface area contributed by atoms with Crippen molar-refractivity contribution < 1.29 is 14.0 Å². The summed E-state index contributed by atoms with van der Waals surface area (Å²) in [4.78, 5) is 24.3. The van der Waals surface area contributed by atoms with Gasteiger partial charge >= 0.3 is 0 Å². The van der Waals surface area contributed by atoms with Crippen molar-refractivity contribution in [3.05, 3.63) is 71.6 Å². The van der Waals surface area contributed by atoms with Gasteiger partial charge in [0.25, 0.3) is 5.91 Å². The Morgan fingerprint density at radius 3 is 2.52 bits per heavy atom. The smallest absolute Gasteiger partial charge is 0.253 e. The quantitative estimate of drug-likeness (QED) is 0.591. The van der Waals surface area contributed by atoms with Crippen LogP contribution in [0, 0.1) is 5.82 Å². The first-order valence-electron chi connectivity index (χ1n) is 8.22. The minimum absolute atomic E-state index is 0.216. The second-order valence-electron chi connectivity index (χ2n) is 5.53. The topological polar surface area (TPSA) is 58.2 Å². The van der Waals surface area contributed by atoms with Gasteiger partial charge in [0.2, 0.25) is 5.91 Å². The van der Waals surface area contributed by atoms with E-state index in [9.17, 15) is 14.0 Å². The first-order valence-corrected chi connectivity index (χ1v) is 8.22. The number of halogens is 1. The van der Waals surface area contributed by atoms with Gasteiger partial charge in [-0.05, 0) is 42.3 Å². The Labute approximate surface area is 146 Å². The summed E-state index contributed by atoms with van der Waals surface area (Å²) < 4.78 is 12.9. The number of amides is 2. The number of carbonyl (C=O) groups excluding carboxylic acids is 2. The van der Waals surface area contributed by atoms with E-state index in [-0.39, 0.29) is 17.6 Å². The lowest BCUT2D eigenvalue weighted by Crippen LogP contribution is -2.25. The van der Waals surface area contributed by atoms with E-state index in [1.165, 1.54) is 18.2 Å². The zero-order valence-electron chi connectivity index (χ0n) is 14.1. The predicted molar refractivity (Wildman–Crippen MR) is 97.7 cm³/mol. The van der Waals surface area contributed by atoms with Crippen LogP contribution >= 0.6 is 0 Å². The third-order valence-electron chi connectivity index (χ3n) is 3.54. The molecule has 0 atom stereocenters. The molecule has 0 fully saturated rings. The molecule has 2 N–H and O–H groups in total. The molecule has 2 aromatic carbocycles. The molecule has 0 saturated heterocycles. The highest BCUT2D eigenvalue weighted by Crippen LogP contribution is 2.15. The third kappa shape index (κ3) is 5.88. The van der Waals surface area contributed by atoms with Crippen LogP contribution in [-0.4, -0.2) is 18.4 Å².